The first kappa shape index (κ1) is 12.3. The van der Waals surface area contributed by atoms with Crippen LogP contribution in [0.25, 0.3) is 0 Å². The number of anilines is 1. The quantitative estimate of drug-likeness (QED) is 0.758. The Hall–Kier alpha value is -2.17. The summed E-state index contributed by atoms with van der Waals surface area (Å²) >= 11 is 1.66. The van der Waals surface area contributed by atoms with Crippen molar-refractivity contribution in [3.63, 3.8) is 0 Å². The van der Waals surface area contributed by atoms with Gasteiger partial charge in [0.2, 0.25) is 0 Å². The Kier molecular flexibility index (Phi) is 3.72. The van der Waals surface area contributed by atoms with Crippen molar-refractivity contribution < 1.29 is 0 Å². The Bertz CT molecular complexity index is 586. The molecule has 1 aliphatic heterocycles. The Morgan fingerprint density at radius 3 is 2.72 bits per heavy atom. The molecule has 3 nitrogen and oxygen atoms in total. The topological polar surface area (TPSA) is 50.8 Å². The van der Waals surface area contributed by atoms with E-state index in [4.69, 9.17) is 10.5 Å². The second kappa shape index (κ2) is 5.44. The summed E-state index contributed by atoms with van der Waals surface area (Å²) in [5.41, 5.74) is 1.30. The van der Waals surface area contributed by atoms with Crippen LogP contribution in [0.4, 0.5) is 5.69 Å². The number of para-hydroxylation sites is 1. The molecule has 0 saturated carbocycles. The molecule has 0 N–H and O–H groups in total. The van der Waals surface area contributed by atoms with Gasteiger partial charge in [0.25, 0.3) is 0 Å². The van der Waals surface area contributed by atoms with Gasteiger partial charge in [0.15, 0.2) is 0 Å². The molecule has 18 heavy (non-hydrogen) atoms. The van der Waals surface area contributed by atoms with Gasteiger partial charge in [-0.3, -0.25) is 0 Å². The lowest BCUT2D eigenvalue weighted by molar-refractivity contribution is 1.00. The van der Waals surface area contributed by atoms with Crippen LogP contribution in [0, 0.1) is 22.7 Å². The maximum absolute atomic E-state index is 8.71. The molecule has 0 aromatic heterocycles. The summed E-state index contributed by atoms with van der Waals surface area (Å²) in [5, 5.41) is 18.5. The third-order valence-electron chi connectivity index (χ3n) is 2.59. The predicted octanol–water partition coefficient (Wildman–Crippen LogP) is 3.43. The van der Waals surface area contributed by atoms with Crippen molar-refractivity contribution >= 4 is 17.4 Å². The van der Waals surface area contributed by atoms with Crippen LogP contribution in [0.1, 0.15) is 6.92 Å². The summed E-state index contributed by atoms with van der Waals surface area (Å²) < 4.78 is 0. The highest BCUT2D eigenvalue weighted by Gasteiger charge is 2.22. The van der Waals surface area contributed by atoms with Crippen molar-refractivity contribution in [2.24, 2.45) is 0 Å². The van der Waals surface area contributed by atoms with E-state index in [0.29, 0.717) is 0 Å². The molecule has 0 bridgehead atoms. The van der Waals surface area contributed by atoms with E-state index in [2.05, 4.69) is 24.0 Å². The van der Waals surface area contributed by atoms with Gasteiger partial charge in [0.05, 0.1) is 10.7 Å². The monoisotopic (exact) mass is 253 g/mol. The number of benzene rings is 1. The van der Waals surface area contributed by atoms with Gasteiger partial charge in [-0.25, -0.2) is 0 Å². The van der Waals surface area contributed by atoms with E-state index in [0.717, 1.165) is 11.6 Å². The van der Waals surface area contributed by atoms with Crippen molar-refractivity contribution in [2.45, 2.75) is 11.8 Å². The number of nitrogens with zero attached hydrogens (tertiary/aromatic N) is 3. The third kappa shape index (κ3) is 2.25. The molecule has 0 amide bonds. The maximum atomic E-state index is 8.71. The lowest BCUT2D eigenvalue weighted by Crippen LogP contribution is -2.16. The lowest BCUT2D eigenvalue weighted by atomic mass is 10.3. The minimum absolute atomic E-state index is 0.120. The minimum Gasteiger partial charge on any atom is -0.335 e. The van der Waals surface area contributed by atoms with Gasteiger partial charge in [0, 0.05) is 11.4 Å². The first-order valence-electron chi connectivity index (χ1n) is 5.56. The second-order valence-corrected chi connectivity index (χ2v) is 4.69. The second-order valence-electron chi connectivity index (χ2n) is 3.62. The van der Waals surface area contributed by atoms with E-state index in [1.807, 2.05) is 30.3 Å². The number of thioether (sulfide) groups is 1. The molecule has 1 aliphatic rings. The van der Waals surface area contributed by atoms with Crippen molar-refractivity contribution in [2.75, 3.05) is 11.4 Å². The summed E-state index contributed by atoms with van der Waals surface area (Å²) in [4.78, 5) is 3.37. The van der Waals surface area contributed by atoms with Gasteiger partial charge in [-0.2, -0.15) is 10.5 Å². The number of nitriles is 2. The van der Waals surface area contributed by atoms with Crippen LogP contribution in [0.5, 0.6) is 0 Å². The fraction of sp³-hybridized carbons (Fsp3) is 0.143. The van der Waals surface area contributed by atoms with Gasteiger partial charge < -0.3 is 4.90 Å². The van der Waals surface area contributed by atoms with E-state index in [-0.39, 0.29) is 5.57 Å². The molecule has 0 saturated heterocycles. The molecule has 0 spiro atoms. The van der Waals surface area contributed by atoms with Crippen LogP contribution in [-0.2, 0) is 0 Å². The van der Waals surface area contributed by atoms with Gasteiger partial charge in [-0.15, -0.1) is 0 Å². The van der Waals surface area contributed by atoms with Gasteiger partial charge in [-0.1, -0.05) is 23.9 Å². The summed E-state index contributed by atoms with van der Waals surface area (Å²) in [7, 11) is 0. The molecule has 0 fully saturated rings. The average molecular weight is 253 g/mol. The average Bonchev–Trinajstić information content (AvgIpc) is 2.77. The highest BCUT2D eigenvalue weighted by molar-refractivity contribution is 8.03. The highest BCUT2D eigenvalue weighted by atomic mass is 32.2. The van der Waals surface area contributed by atoms with E-state index in [1.165, 1.54) is 10.6 Å². The molecule has 1 aromatic carbocycles. The SMILES string of the molecule is CCN1/C(=C/C=C(C#N)C#N)Sc2ccccc21. The molecule has 0 unspecified atom stereocenters. The number of fused-ring (bicyclic) bond motifs is 1. The van der Waals surface area contributed by atoms with Crippen molar-refractivity contribution in [1.29, 1.82) is 10.5 Å². The van der Waals surface area contributed by atoms with Gasteiger partial charge >= 0.3 is 0 Å². The maximum Gasteiger partial charge on any atom is 0.129 e. The fourth-order valence-corrected chi connectivity index (χ4v) is 2.89. The van der Waals surface area contributed by atoms with E-state index in [9.17, 15) is 0 Å². The predicted molar refractivity (Wildman–Crippen MR) is 72.7 cm³/mol. The number of hydrogen-bond donors (Lipinski definition) is 0. The Morgan fingerprint density at radius 1 is 1.33 bits per heavy atom. The number of hydrogen-bond acceptors (Lipinski definition) is 4. The summed E-state index contributed by atoms with van der Waals surface area (Å²) in [6.45, 7) is 2.94. The summed E-state index contributed by atoms with van der Waals surface area (Å²) in [6.07, 6.45) is 3.40. The Morgan fingerprint density at radius 2 is 2.06 bits per heavy atom. The first-order chi connectivity index (χ1) is 8.80. The van der Waals surface area contributed by atoms with Crippen LogP contribution < -0.4 is 4.90 Å². The zero-order chi connectivity index (χ0) is 13.0. The number of rotatable bonds is 2. The van der Waals surface area contributed by atoms with Crippen molar-refractivity contribution in [3.05, 3.63) is 47.0 Å². The minimum atomic E-state index is 0.120. The molecule has 1 aromatic rings. The third-order valence-corrected chi connectivity index (χ3v) is 3.72. The van der Waals surface area contributed by atoms with Gasteiger partial charge in [0.1, 0.15) is 17.7 Å². The zero-order valence-corrected chi connectivity index (χ0v) is 10.7. The molecular formula is C14H11N3S. The van der Waals surface area contributed by atoms with Crippen LogP contribution >= 0.6 is 11.8 Å². The Labute approximate surface area is 111 Å². The molecular weight excluding hydrogens is 242 g/mol. The molecule has 88 valence electrons. The smallest absolute Gasteiger partial charge is 0.129 e. The normalized spacial score (nSPS) is 14.8. The van der Waals surface area contributed by atoms with E-state index in [1.54, 1.807) is 17.8 Å². The molecule has 4 heteroatoms. The molecule has 2 rings (SSSR count). The fourth-order valence-electron chi connectivity index (χ4n) is 1.76. The molecule has 1 heterocycles. The molecule has 0 radical (unpaired) electrons. The molecule has 0 atom stereocenters. The van der Waals surface area contributed by atoms with E-state index >= 15 is 0 Å². The van der Waals surface area contributed by atoms with Crippen LogP contribution in [0.2, 0.25) is 0 Å². The standard InChI is InChI=1S/C14H11N3S/c1-2-17-12-5-3-4-6-13(12)18-14(17)8-7-11(9-15)10-16/h3-8H,2H2,1H3/b14-8-. The van der Waals surface area contributed by atoms with Crippen LogP contribution in [-0.4, -0.2) is 6.54 Å². The van der Waals surface area contributed by atoms with Crippen LogP contribution in [0.3, 0.4) is 0 Å². The highest BCUT2D eigenvalue weighted by Crippen LogP contribution is 2.45. The Balaban J connectivity index is 2.34. The largest absolute Gasteiger partial charge is 0.335 e. The summed E-state index contributed by atoms with van der Waals surface area (Å²) in [6, 6.07) is 11.9. The van der Waals surface area contributed by atoms with Gasteiger partial charge in [-0.05, 0) is 31.2 Å². The summed E-state index contributed by atoms with van der Waals surface area (Å²) in [5.74, 6) is 0. The first-order valence-corrected chi connectivity index (χ1v) is 6.38. The van der Waals surface area contributed by atoms with Crippen molar-refractivity contribution in [3.8, 4) is 12.1 Å². The van der Waals surface area contributed by atoms with Crippen molar-refractivity contribution in [1.82, 2.24) is 0 Å². The van der Waals surface area contributed by atoms with Crippen LogP contribution in [0.15, 0.2) is 51.9 Å². The number of allylic oxidation sites excluding steroid dienone is 3. The zero-order valence-electron chi connectivity index (χ0n) is 9.92. The van der Waals surface area contributed by atoms with E-state index < -0.39 is 0 Å². The molecule has 0 aliphatic carbocycles. The lowest BCUT2D eigenvalue weighted by Gasteiger charge is -2.17.